The van der Waals surface area contributed by atoms with Gasteiger partial charge in [0, 0.05) is 6.07 Å². The number of anilines is 3. The van der Waals surface area contributed by atoms with Crippen LogP contribution in [0.2, 0.25) is 0 Å². The number of alkyl halides is 3. The van der Waals surface area contributed by atoms with Crippen molar-refractivity contribution in [2.45, 2.75) is 6.18 Å². The number of nitrogen functional groups attached to an aromatic ring is 3. The lowest BCUT2D eigenvalue weighted by Gasteiger charge is -2.16. The summed E-state index contributed by atoms with van der Waals surface area (Å²) in [5.41, 5.74) is 14.0. The van der Waals surface area contributed by atoms with Crippen molar-refractivity contribution in [2.24, 2.45) is 0 Å². The van der Waals surface area contributed by atoms with Crippen LogP contribution >= 0.6 is 0 Å². The van der Waals surface area contributed by atoms with Gasteiger partial charge in [0.15, 0.2) is 5.75 Å². The molecule has 0 fully saturated rings. The number of nitrogens with two attached hydrogens (primary N) is 3. The van der Waals surface area contributed by atoms with Crippen LogP contribution in [0.5, 0.6) is 5.75 Å². The number of rotatable bonds is 1. The highest BCUT2D eigenvalue weighted by Gasteiger charge is 2.34. The minimum absolute atomic E-state index is 0.0728. The van der Waals surface area contributed by atoms with Crippen LogP contribution in [0.4, 0.5) is 30.4 Å². The van der Waals surface area contributed by atoms with Crippen LogP contribution in [-0.4, -0.2) is 9.67 Å². The third-order valence-electron chi connectivity index (χ3n) is 2.85. The molecule has 0 spiro atoms. The zero-order valence-electron chi connectivity index (χ0n) is 10.5. The average molecular weight is 300 g/mol. The standard InChI is InChI=1S/C12H11F3N4O2/c13-12(14,15)6-1-2-9(20)19(11(6)18)5-3-7(16)10(21)8(17)4-5/h1-4,21H,16-18H2. The Labute approximate surface area is 116 Å². The Kier molecular flexibility index (Phi) is 3.20. The number of pyridine rings is 1. The van der Waals surface area contributed by atoms with Crippen LogP contribution in [0.3, 0.4) is 0 Å². The van der Waals surface area contributed by atoms with Crippen molar-refractivity contribution in [1.29, 1.82) is 0 Å². The number of aromatic nitrogens is 1. The fourth-order valence-corrected chi connectivity index (χ4v) is 1.85. The van der Waals surface area contributed by atoms with Gasteiger partial charge in [0.2, 0.25) is 0 Å². The topological polar surface area (TPSA) is 120 Å². The van der Waals surface area contributed by atoms with Crippen LogP contribution in [-0.2, 0) is 6.18 Å². The number of benzene rings is 1. The van der Waals surface area contributed by atoms with E-state index in [1.807, 2.05) is 0 Å². The van der Waals surface area contributed by atoms with Gasteiger partial charge < -0.3 is 22.3 Å². The maximum absolute atomic E-state index is 12.8. The van der Waals surface area contributed by atoms with E-state index in [0.29, 0.717) is 10.6 Å². The van der Waals surface area contributed by atoms with Gasteiger partial charge in [0.05, 0.1) is 22.6 Å². The average Bonchev–Trinajstić information content (AvgIpc) is 2.34. The molecule has 1 aromatic heterocycles. The number of halogens is 3. The summed E-state index contributed by atoms with van der Waals surface area (Å²) in [7, 11) is 0. The number of hydrogen-bond acceptors (Lipinski definition) is 5. The van der Waals surface area contributed by atoms with Crippen molar-refractivity contribution >= 4 is 17.2 Å². The summed E-state index contributed by atoms with van der Waals surface area (Å²) in [4.78, 5) is 11.8. The van der Waals surface area contributed by atoms with Gasteiger partial charge in [-0.3, -0.25) is 9.36 Å². The second-order valence-corrected chi connectivity index (χ2v) is 4.28. The maximum Gasteiger partial charge on any atom is 0.419 e. The molecular formula is C12H11F3N4O2. The molecule has 0 aliphatic rings. The second kappa shape index (κ2) is 4.62. The summed E-state index contributed by atoms with van der Waals surface area (Å²) < 4.78 is 39.1. The molecule has 1 heterocycles. The molecule has 0 aliphatic heterocycles. The molecule has 0 bridgehead atoms. The lowest BCUT2D eigenvalue weighted by molar-refractivity contribution is -0.137. The normalized spacial score (nSPS) is 11.6. The summed E-state index contributed by atoms with van der Waals surface area (Å²) >= 11 is 0. The van der Waals surface area contributed by atoms with E-state index < -0.39 is 28.9 Å². The van der Waals surface area contributed by atoms with Crippen LogP contribution < -0.4 is 22.8 Å². The van der Waals surface area contributed by atoms with Crippen LogP contribution in [0.1, 0.15) is 5.56 Å². The summed E-state index contributed by atoms with van der Waals surface area (Å²) in [6.45, 7) is 0. The first-order valence-electron chi connectivity index (χ1n) is 5.60. The van der Waals surface area contributed by atoms with Gasteiger partial charge >= 0.3 is 6.18 Å². The molecule has 2 rings (SSSR count). The maximum atomic E-state index is 12.8. The Morgan fingerprint density at radius 1 is 1.05 bits per heavy atom. The highest BCUT2D eigenvalue weighted by molar-refractivity contribution is 5.71. The molecule has 0 unspecified atom stereocenters. The van der Waals surface area contributed by atoms with Crippen molar-refractivity contribution in [3.63, 3.8) is 0 Å². The molecular weight excluding hydrogens is 289 g/mol. The summed E-state index contributed by atoms with van der Waals surface area (Å²) in [6.07, 6.45) is -4.71. The first-order valence-corrected chi connectivity index (χ1v) is 5.60. The molecule has 112 valence electrons. The fourth-order valence-electron chi connectivity index (χ4n) is 1.85. The summed E-state index contributed by atoms with van der Waals surface area (Å²) in [5.74, 6) is -1.21. The van der Waals surface area contributed by atoms with E-state index in [1.54, 1.807) is 0 Å². The highest BCUT2D eigenvalue weighted by atomic mass is 19.4. The van der Waals surface area contributed by atoms with Crippen molar-refractivity contribution in [3.8, 4) is 11.4 Å². The number of hydrogen-bond donors (Lipinski definition) is 4. The van der Waals surface area contributed by atoms with E-state index in [2.05, 4.69) is 0 Å². The van der Waals surface area contributed by atoms with Gasteiger partial charge in [-0.1, -0.05) is 0 Å². The van der Waals surface area contributed by atoms with Crippen LogP contribution in [0, 0.1) is 0 Å². The lowest BCUT2D eigenvalue weighted by Crippen LogP contribution is -2.24. The Hall–Kier alpha value is -2.84. The SMILES string of the molecule is Nc1cc(-n2c(N)c(C(F)(F)F)ccc2=O)cc(N)c1O. The molecule has 2 aromatic rings. The molecule has 0 atom stereocenters. The predicted octanol–water partition coefficient (Wildman–Crippen LogP) is 1.31. The van der Waals surface area contributed by atoms with Gasteiger partial charge in [-0.25, -0.2) is 0 Å². The predicted molar refractivity (Wildman–Crippen MR) is 71.9 cm³/mol. The third-order valence-corrected chi connectivity index (χ3v) is 2.85. The molecule has 21 heavy (non-hydrogen) atoms. The molecule has 0 aliphatic carbocycles. The molecule has 0 amide bonds. The smallest absolute Gasteiger partial charge is 0.419 e. The molecule has 0 saturated heterocycles. The fraction of sp³-hybridized carbons (Fsp3) is 0.0833. The van der Waals surface area contributed by atoms with E-state index in [9.17, 15) is 23.1 Å². The third kappa shape index (κ3) is 2.45. The minimum Gasteiger partial charge on any atom is -0.504 e. The Bertz CT molecular complexity index is 745. The van der Waals surface area contributed by atoms with Gasteiger partial charge in [-0.15, -0.1) is 0 Å². The number of phenols is 1. The van der Waals surface area contributed by atoms with E-state index in [4.69, 9.17) is 17.2 Å². The summed E-state index contributed by atoms with van der Waals surface area (Å²) in [6, 6.07) is 3.53. The number of aromatic hydroxyl groups is 1. The monoisotopic (exact) mass is 300 g/mol. The van der Waals surface area contributed by atoms with E-state index in [-0.39, 0.29) is 17.1 Å². The van der Waals surface area contributed by atoms with Crippen molar-refractivity contribution in [1.82, 2.24) is 4.57 Å². The zero-order chi connectivity index (χ0) is 15.9. The van der Waals surface area contributed by atoms with Crippen LogP contribution in [0.15, 0.2) is 29.1 Å². The van der Waals surface area contributed by atoms with Gasteiger partial charge in [0.25, 0.3) is 5.56 Å². The molecule has 0 radical (unpaired) electrons. The zero-order valence-corrected chi connectivity index (χ0v) is 10.5. The molecule has 1 aromatic carbocycles. The molecule has 0 saturated carbocycles. The Balaban J connectivity index is 2.79. The van der Waals surface area contributed by atoms with Crippen LogP contribution in [0.25, 0.3) is 5.69 Å². The minimum atomic E-state index is -4.71. The highest BCUT2D eigenvalue weighted by Crippen LogP contribution is 2.35. The van der Waals surface area contributed by atoms with Crippen molar-refractivity contribution in [3.05, 3.63) is 40.2 Å². The lowest BCUT2D eigenvalue weighted by atomic mass is 10.2. The molecule has 6 nitrogen and oxygen atoms in total. The molecule has 9 heteroatoms. The van der Waals surface area contributed by atoms with Crippen molar-refractivity contribution < 1.29 is 18.3 Å². The largest absolute Gasteiger partial charge is 0.504 e. The summed E-state index contributed by atoms with van der Waals surface area (Å²) in [5, 5.41) is 9.45. The Morgan fingerprint density at radius 2 is 1.57 bits per heavy atom. The van der Waals surface area contributed by atoms with Gasteiger partial charge in [-0.05, 0) is 18.2 Å². The number of nitrogens with zero attached hydrogens (tertiary/aromatic N) is 1. The van der Waals surface area contributed by atoms with Crippen molar-refractivity contribution in [2.75, 3.05) is 17.2 Å². The van der Waals surface area contributed by atoms with E-state index >= 15 is 0 Å². The first-order chi connectivity index (χ1) is 9.62. The Morgan fingerprint density at radius 3 is 2.05 bits per heavy atom. The first kappa shape index (κ1) is 14.6. The van der Waals surface area contributed by atoms with E-state index in [0.717, 1.165) is 18.2 Å². The van der Waals surface area contributed by atoms with Gasteiger partial charge in [0.1, 0.15) is 5.82 Å². The van der Waals surface area contributed by atoms with E-state index in [1.165, 1.54) is 0 Å². The molecule has 7 N–H and O–H groups in total. The number of phenolic OH excluding ortho intramolecular Hbond substituents is 1. The second-order valence-electron chi connectivity index (χ2n) is 4.28. The van der Waals surface area contributed by atoms with Gasteiger partial charge in [-0.2, -0.15) is 13.2 Å². The quantitative estimate of drug-likeness (QED) is 0.467.